The average molecular weight is 406 g/mol. The highest BCUT2D eigenvalue weighted by atomic mass is 16.6. The highest BCUT2D eigenvalue weighted by Crippen LogP contribution is 2.16. The average Bonchev–Trinajstić information content (AvgIpc) is 2.79. The lowest BCUT2D eigenvalue weighted by molar-refractivity contribution is -0.142. The standard InChI is InChI=1S/C22H23BN2O5/c1-28-22(27)19(14-15-9-11-17(12-10-15)23(29-2)30-3)25-21(26)18-8-4-6-16-7-5-13-24-20(16)18/h4-13,19H,14H2,1-3H3,(H,25,26)/t19-/m0/s1. The Bertz CT molecular complexity index is 1020. The zero-order valence-electron chi connectivity index (χ0n) is 17.1. The van der Waals surface area contributed by atoms with Crippen LogP contribution in [-0.2, 0) is 25.3 Å². The van der Waals surface area contributed by atoms with E-state index in [1.54, 1.807) is 32.5 Å². The summed E-state index contributed by atoms with van der Waals surface area (Å²) in [6, 6.07) is 15.6. The number of benzene rings is 2. The van der Waals surface area contributed by atoms with Gasteiger partial charge in [0.25, 0.3) is 5.91 Å². The molecule has 0 saturated carbocycles. The van der Waals surface area contributed by atoms with Crippen LogP contribution >= 0.6 is 0 Å². The quantitative estimate of drug-likeness (QED) is 0.453. The van der Waals surface area contributed by atoms with Gasteiger partial charge in [-0.15, -0.1) is 0 Å². The van der Waals surface area contributed by atoms with Gasteiger partial charge in [-0.25, -0.2) is 4.79 Å². The van der Waals surface area contributed by atoms with Crippen molar-refractivity contribution in [3.05, 3.63) is 71.9 Å². The lowest BCUT2D eigenvalue weighted by Gasteiger charge is -2.17. The molecule has 0 radical (unpaired) electrons. The summed E-state index contributed by atoms with van der Waals surface area (Å²) < 4.78 is 15.4. The lowest BCUT2D eigenvalue weighted by Crippen LogP contribution is -2.43. The molecule has 0 bridgehead atoms. The number of aromatic nitrogens is 1. The Labute approximate surface area is 175 Å². The van der Waals surface area contributed by atoms with Crippen LogP contribution in [0.25, 0.3) is 10.9 Å². The van der Waals surface area contributed by atoms with Gasteiger partial charge in [0.1, 0.15) is 6.04 Å². The fourth-order valence-electron chi connectivity index (χ4n) is 3.27. The van der Waals surface area contributed by atoms with Gasteiger partial charge >= 0.3 is 13.1 Å². The number of nitrogens with one attached hydrogen (secondary N) is 1. The van der Waals surface area contributed by atoms with Crippen molar-refractivity contribution in [2.75, 3.05) is 21.3 Å². The number of hydrogen-bond acceptors (Lipinski definition) is 6. The van der Waals surface area contributed by atoms with Gasteiger partial charge < -0.3 is 19.4 Å². The van der Waals surface area contributed by atoms with Crippen molar-refractivity contribution in [2.45, 2.75) is 12.5 Å². The molecule has 0 aliphatic carbocycles. The molecule has 3 rings (SSSR count). The molecule has 1 heterocycles. The minimum absolute atomic E-state index is 0.279. The van der Waals surface area contributed by atoms with Crippen molar-refractivity contribution in [1.82, 2.24) is 10.3 Å². The van der Waals surface area contributed by atoms with Crippen LogP contribution < -0.4 is 10.8 Å². The van der Waals surface area contributed by atoms with Crippen molar-refractivity contribution < 1.29 is 23.6 Å². The number of fused-ring (bicyclic) bond motifs is 1. The van der Waals surface area contributed by atoms with Crippen molar-refractivity contribution in [1.29, 1.82) is 0 Å². The van der Waals surface area contributed by atoms with Gasteiger partial charge in [0, 0.05) is 32.2 Å². The summed E-state index contributed by atoms with van der Waals surface area (Å²) in [6.07, 6.45) is 1.91. The van der Waals surface area contributed by atoms with Gasteiger partial charge in [0.2, 0.25) is 0 Å². The van der Waals surface area contributed by atoms with E-state index >= 15 is 0 Å². The van der Waals surface area contributed by atoms with E-state index in [2.05, 4.69) is 10.3 Å². The first kappa shape index (κ1) is 21.5. The van der Waals surface area contributed by atoms with Crippen LogP contribution in [0.4, 0.5) is 0 Å². The fraction of sp³-hybridized carbons (Fsp3) is 0.227. The molecular formula is C22H23BN2O5. The number of nitrogens with zero attached hydrogens (tertiary/aromatic N) is 1. The Kier molecular flexibility index (Phi) is 7.16. The second-order valence-electron chi connectivity index (χ2n) is 6.68. The molecule has 154 valence electrons. The summed E-state index contributed by atoms with van der Waals surface area (Å²) in [6.45, 7) is 0. The van der Waals surface area contributed by atoms with Crippen molar-refractivity contribution in [2.24, 2.45) is 0 Å². The Balaban J connectivity index is 1.79. The molecule has 1 N–H and O–H groups in total. The van der Waals surface area contributed by atoms with Crippen LogP contribution in [0.15, 0.2) is 60.8 Å². The second kappa shape index (κ2) is 10.0. The summed E-state index contributed by atoms with van der Waals surface area (Å²) in [7, 11) is 3.96. The third-order valence-corrected chi connectivity index (χ3v) is 4.79. The molecule has 8 heteroatoms. The molecule has 30 heavy (non-hydrogen) atoms. The van der Waals surface area contributed by atoms with E-state index in [1.165, 1.54) is 7.11 Å². The van der Waals surface area contributed by atoms with Gasteiger partial charge in [-0.3, -0.25) is 9.78 Å². The number of methoxy groups -OCH3 is 1. The predicted octanol–water partition coefficient (Wildman–Crippen LogP) is 1.74. The molecule has 0 aliphatic rings. The smallest absolute Gasteiger partial charge is 0.467 e. The lowest BCUT2D eigenvalue weighted by atomic mass is 9.78. The summed E-state index contributed by atoms with van der Waals surface area (Å²) in [5, 5.41) is 3.63. The van der Waals surface area contributed by atoms with E-state index in [9.17, 15) is 9.59 Å². The Morgan fingerprint density at radius 2 is 1.70 bits per heavy atom. The van der Waals surface area contributed by atoms with Gasteiger partial charge in [-0.05, 0) is 23.2 Å². The largest absolute Gasteiger partial charge is 0.493 e. The van der Waals surface area contributed by atoms with Crippen molar-refractivity contribution in [3.63, 3.8) is 0 Å². The van der Waals surface area contributed by atoms with Crippen molar-refractivity contribution >= 4 is 35.4 Å². The molecule has 1 aromatic heterocycles. The molecule has 7 nitrogen and oxygen atoms in total. The molecule has 1 amide bonds. The highest BCUT2D eigenvalue weighted by Gasteiger charge is 2.24. The first-order chi connectivity index (χ1) is 14.6. The molecule has 2 aromatic carbocycles. The summed E-state index contributed by atoms with van der Waals surface area (Å²) in [5.41, 5.74) is 2.69. The maximum Gasteiger partial charge on any atom is 0.493 e. The number of hydrogen-bond donors (Lipinski definition) is 1. The first-order valence-corrected chi connectivity index (χ1v) is 9.44. The first-order valence-electron chi connectivity index (χ1n) is 9.44. The van der Waals surface area contributed by atoms with E-state index in [-0.39, 0.29) is 12.3 Å². The topological polar surface area (TPSA) is 86.8 Å². The number of rotatable bonds is 8. The van der Waals surface area contributed by atoms with Gasteiger partial charge in [-0.2, -0.15) is 0 Å². The van der Waals surface area contributed by atoms with Crippen LogP contribution in [0.1, 0.15) is 15.9 Å². The number of ether oxygens (including phenoxy) is 1. The molecule has 0 spiro atoms. The minimum Gasteiger partial charge on any atom is -0.467 e. The maximum atomic E-state index is 12.9. The third kappa shape index (κ3) is 4.84. The fourth-order valence-corrected chi connectivity index (χ4v) is 3.27. The number of amides is 1. The van der Waals surface area contributed by atoms with Crippen LogP contribution in [0.3, 0.4) is 0 Å². The van der Waals surface area contributed by atoms with Gasteiger partial charge in [-0.1, -0.05) is 42.5 Å². The SMILES string of the molecule is COB(OC)c1ccc(C[C@H](NC(=O)c2cccc3cccnc23)C(=O)OC)cc1. The van der Waals surface area contributed by atoms with Crippen LogP contribution in [-0.4, -0.2) is 51.4 Å². The summed E-state index contributed by atoms with van der Waals surface area (Å²) in [5.74, 6) is -0.905. The van der Waals surface area contributed by atoms with E-state index < -0.39 is 19.1 Å². The number of esters is 1. The Morgan fingerprint density at radius 3 is 2.37 bits per heavy atom. The maximum absolute atomic E-state index is 12.9. The Hall–Kier alpha value is -3.23. The van der Waals surface area contributed by atoms with E-state index in [0.29, 0.717) is 11.1 Å². The van der Waals surface area contributed by atoms with E-state index in [4.69, 9.17) is 14.0 Å². The Morgan fingerprint density at radius 1 is 1.00 bits per heavy atom. The monoisotopic (exact) mass is 406 g/mol. The van der Waals surface area contributed by atoms with Gasteiger partial charge in [0.15, 0.2) is 0 Å². The molecule has 0 unspecified atom stereocenters. The van der Waals surface area contributed by atoms with E-state index in [1.807, 2.05) is 42.5 Å². The van der Waals surface area contributed by atoms with Crippen LogP contribution in [0.5, 0.6) is 0 Å². The molecular weight excluding hydrogens is 383 g/mol. The normalized spacial score (nSPS) is 11.7. The highest BCUT2D eigenvalue weighted by molar-refractivity contribution is 6.61. The minimum atomic E-state index is -0.840. The number of pyridine rings is 1. The van der Waals surface area contributed by atoms with E-state index in [0.717, 1.165) is 16.4 Å². The number of carbonyl (C=O) groups is 2. The molecule has 0 aliphatic heterocycles. The molecule has 3 aromatic rings. The summed E-state index contributed by atoms with van der Waals surface area (Å²) in [4.78, 5) is 29.5. The zero-order chi connectivity index (χ0) is 21.5. The predicted molar refractivity (Wildman–Crippen MR) is 115 cm³/mol. The van der Waals surface area contributed by atoms with Gasteiger partial charge in [0.05, 0.1) is 18.2 Å². The molecule has 0 saturated heterocycles. The third-order valence-electron chi connectivity index (χ3n) is 4.79. The van der Waals surface area contributed by atoms with Crippen molar-refractivity contribution in [3.8, 4) is 0 Å². The second-order valence-corrected chi connectivity index (χ2v) is 6.68. The number of carbonyl (C=O) groups excluding carboxylic acids is 2. The van der Waals surface area contributed by atoms with Crippen LogP contribution in [0, 0.1) is 0 Å². The molecule has 0 fully saturated rings. The summed E-state index contributed by atoms with van der Waals surface area (Å²) >= 11 is 0. The number of para-hydroxylation sites is 1. The zero-order valence-corrected chi connectivity index (χ0v) is 17.1. The van der Waals surface area contributed by atoms with Crippen LogP contribution in [0.2, 0.25) is 0 Å². The molecule has 1 atom stereocenters.